The molecule has 1 unspecified atom stereocenters. The molecule has 0 saturated heterocycles. The predicted molar refractivity (Wildman–Crippen MR) is 55.4 cm³/mol. The quantitative estimate of drug-likeness (QED) is 0.580. The Balaban J connectivity index is 3.38. The standard InChI is InChI=1S/C10H21NO3/c1-4-9(10(12)13)11-5-6-14-7-8(2)3/h8-9,11H,4-7H2,1-3H3,(H,12,13). The molecule has 0 saturated carbocycles. The third kappa shape index (κ3) is 6.86. The molecule has 0 rings (SSSR count). The first kappa shape index (κ1) is 13.4. The zero-order valence-corrected chi connectivity index (χ0v) is 9.25. The minimum atomic E-state index is -0.795. The van der Waals surface area contributed by atoms with Gasteiger partial charge in [-0.1, -0.05) is 20.8 Å². The number of hydrogen-bond acceptors (Lipinski definition) is 3. The fraction of sp³-hybridized carbons (Fsp3) is 0.900. The molecule has 84 valence electrons. The van der Waals surface area contributed by atoms with Gasteiger partial charge in [0, 0.05) is 13.2 Å². The second-order valence-electron chi connectivity index (χ2n) is 3.72. The molecular weight excluding hydrogens is 182 g/mol. The lowest BCUT2D eigenvalue weighted by molar-refractivity contribution is -0.139. The molecule has 0 bridgehead atoms. The highest BCUT2D eigenvalue weighted by molar-refractivity contribution is 5.73. The second kappa shape index (κ2) is 7.76. The Morgan fingerprint density at radius 3 is 2.57 bits per heavy atom. The first-order valence-electron chi connectivity index (χ1n) is 5.11. The van der Waals surface area contributed by atoms with Crippen molar-refractivity contribution in [3.05, 3.63) is 0 Å². The van der Waals surface area contributed by atoms with Crippen molar-refractivity contribution in [1.82, 2.24) is 5.32 Å². The third-order valence-corrected chi connectivity index (χ3v) is 1.79. The molecule has 4 heteroatoms. The Labute approximate surface area is 85.6 Å². The Hall–Kier alpha value is -0.610. The molecular formula is C10H21NO3. The van der Waals surface area contributed by atoms with E-state index in [0.717, 1.165) is 6.61 Å². The highest BCUT2D eigenvalue weighted by atomic mass is 16.5. The van der Waals surface area contributed by atoms with E-state index in [-0.39, 0.29) is 0 Å². The van der Waals surface area contributed by atoms with Crippen LogP contribution >= 0.6 is 0 Å². The van der Waals surface area contributed by atoms with Crippen LogP contribution in [0.1, 0.15) is 27.2 Å². The van der Waals surface area contributed by atoms with Gasteiger partial charge in [0.05, 0.1) is 6.61 Å². The van der Waals surface area contributed by atoms with Gasteiger partial charge < -0.3 is 15.2 Å². The van der Waals surface area contributed by atoms with E-state index < -0.39 is 12.0 Å². The largest absolute Gasteiger partial charge is 0.480 e. The molecule has 0 aromatic heterocycles. The summed E-state index contributed by atoms with van der Waals surface area (Å²) in [5.74, 6) is -0.271. The first-order chi connectivity index (χ1) is 6.57. The molecule has 0 amide bonds. The molecule has 0 fully saturated rings. The van der Waals surface area contributed by atoms with Crippen LogP contribution in [0.5, 0.6) is 0 Å². The van der Waals surface area contributed by atoms with Crippen molar-refractivity contribution in [2.45, 2.75) is 33.2 Å². The Morgan fingerprint density at radius 1 is 1.50 bits per heavy atom. The van der Waals surface area contributed by atoms with E-state index in [2.05, 4.69) is 19.2 Å². The number of carboxylic acids is 1. The number of nitrogens with one attached hydrogen (secondary N) is 1. The molecule has 0 aromatic rings. The van der Waals surface area contributed by atoms with Gasteiger partial charge in [-0.15, -0.1) is 0 Å². The normalized spacial score (nSPS) is 13.1. The van der Waals surface area contributed by atoms with Crippen molar-refractivity contribution in [3.8, 4) is 0 Å². The molecule has 0 aromatic carbocycles. The highest BCUT2D eigenvalue weighted by Gasteiger charge is 2.12. The minimum Gasteiger partial charge on any atom is -0.480 e. The summed E-state index contributed by atoms with van der Waals surface area (Å²) in [7, 11) is 0. The van der Waals surface area contributed by atoms with Gasteiger partial charge in [-0.2, -0.15) is 0 Å². The van der Waals surface area contributed by atoms with E-state index in [1.54, 1.807) is 0 Å². The van der Waals surface area contributed by atoms with Crippen molar-refractivity contribution in [2.24, 2.45) is 5.92 Å². The second-order valence-corrected chi connectivity index (χ2v) is 3.72. The van der Waals surface area contributed by atoms with Crippen LogP contribution in [-0.4, -0.2) is 36.9 Å². The number of aliphatic carboxylic acids is 1. The summed E-state index contributed by atoms with van der Waals surface area (Å²) >= 11 is 0. The fourth-order valence-electron chi connectivity index (χ4n) is 1.03. The lowest BCUT2D eigenvalue weighted by Crippen LogP contribution is -2.38. The summed E-state index contributed by atoms with van der Waals surface area (Å²) in [6, 6.07) is -0.447. The zero-order valence-electron chi connectivity index (χ0n) is 9.25. The van der Waals surface area contributed by atoms with E-state index in [4.69, 9.17) is 9.84 Å². The van der Waals surface area contributed by atoms with Gasteiger partial charge in [0.25, 0.3) is 0 Å². The van der Waals surface area contributed by atoms with Crippen LogP contribution in [0.3, 0.4) is 0 Å². The number of rotatable bonds is 8. The van der Waals surface area contributed by atoms with Crippen LogP contribution in [0.15, 0.2) is 0 Å². The first-order valence-corrected chi connectivity index (χ1v) is 5.11. The molecule has 2 N–H and O–H groups in total. The van der Waals surface area contributed by atoms with Crippen LogP contribution in [0.2, 0.25) is 0 Å². The third-order valence-electron chi connectivity index (χ3n) is 1.79. The summed E-state index contributed by atoms with van der Waals surface area (Å²) in [6.45, 7) is 7.91. The lowest BCUT2D eigenvalue weighted by atomic mass is 10.2. The maximum Gasteiger partial charge on any atom is 0.320 e. The molecule has 0 aliphatic rings. The van der Waals surface area contributed by atoms with Gasteiger partial charge in [-0.3, -0.25) is 4.79 Å². The number of hydrogen-bond donors (Lipinski definition) is 2. The Bertz CT molecular complexity index is 159. The summed E-state index contributed by atoms with van der Waals surface area (Å²) < 4.78 is 5.31. The van der Waals surface area contributed by atoms with E-state index in [9.17, 15) is 4.79 Å². The van der Waals surface area contributed by atoms with Gasteiger partial charge in [-0.05, 0) is 12.3 Å². The lowest BCUT2D eigenvalue weighted by Gasteiger charge is -2.12. The zero-order chi connectivity index (χ0) is 11.0. The van der Waals surface area contributed by atoms with Crippen LogP contribution in [-0.2, 0) is 9.53 Å². The molecule has 14 heavy (non-hydrogen) atoms. The average molecular weight is 203 g/mol. The van der Waals surface area contributed by atoms with Gasteiger partial charge in [0.1, 0.15) is 6.04 Å². The van der Waals surface area contributed by atoms with Gasteiger partial charge in [-0.25, -0.2) is 0 Å². The molecule has 1 atom stereocenters. The Kier molecular flexibility index (Phi) is 7.42. The average Bonchev–Trinajstić information content (AvgIpc) is 2.10. The van der Waals surface area contributed by atoms with E-state index in [1.807, 2.05) is 6.92 Å². The van der Waals surface area contributed by atoms with Crippen LogP contribution in [0.4, 0.5) is 0 Å². The van der Waals surface area contributed by atoms with Crippen LogP contribution in [0, 0.1) is 5.92 Å². The highest BCUT2D eigenvalue weighted by Crippen LogP contribution is 1.92. The molecule has 0 heterocycles. The van der Waals surface area contributed by atoms with E-state index in [1.165, 1.54) is 0 Å². The topological polar surface area (TPSA) is 58.6 Å². The van der Waals surface area contributed by atoms with Gasteiger partial charge in [0.15, 0.2) is 0 Å². The van der Waals surface area contributed by atoms with Gasteiger partial charge >= 0.3 is 5.97 Å². The number of ether oxygens (including phenoxy) is 1. The molecule has 0 spiro atoms. The summed E-state index contributed by atoms with van der Waals surface area (Å²) in [6.07, 6.45) is 0.597. The van der Waals surface area contributed by atoms with Crippen molar-refractivity contribution in [2.75, 3.05) is 19.8 Å². The van der Waals surface area contributed by atoms with Crippen molar-refractivity contribution < 1.29 is 14.6 Å². The molecule has 4 nitrogen and oxygen atoms in total. The number of carbonyl (C=O) groups is 1. The van der Waals surface area contributed by atoms with Crippen LogP contribution in [0.25, 0.3) is 0 Å². The van der Waals surface area contributed by atoms with E-state index >= 15 is 0 Å². The molecule has 0 radical (unpaired) electrons. The summed E-state index contributed by atoms with van der Waals surface area (Å²) in [5, 5.41) is 11.6. The van der Waals surface area contributed by atoms with E-state index in [0.29, 0.717) is 25.5 Å². The SMILES string of the molecule is CCC(NCCOCC(C)C)C(=O)O. The monoisotopic (exact) mass is 203 g/mol. The maximum absolute atomic E-state index is 10.6. The minimum absolute atomic E-state index is 0.447. The van der Waals surface area contributed by atoms with Crippen molar-refractivity contribution in [3.63, 3.8) is 0 Å². The fourth-order valence-corrected chi connectivity index (χ4v) is 1.03. The van der Waals surface area contributed by atoms with Gasteiger partial charge in [0.2, 0.25) is 0 Å². The van der Waals surface area contributed by atoms with Crippen molar-refractivity contribution in [1.29, 1.82) is 0 Å². The number of carboxylic acid groups (broad SMARTS) is 1. The smallest absolute Gasteiger partial charge is 0.320 e. The summed E-state index contributed by atoms with van der Waals surface area (Å²) in [4.78, 5) is 10.6. The van der Waals surface area contributed by atoms with Crippen LogP contribution < -0.4 is 5.32 Å². The Morgan fingerprint density at radius 2 is 2.14 bits per heavy atom. The predicted octanol–water partition coefficient (Wildman–Crippen LogP) is 1.11. The maximum atomic E-state index is 10.6. The van der Waals surface area contributed by atoms with Crippen molar-refractivity contribution >= 4 is 5.97 Å². The molecule has 0 aliphatic carbocycles. The summed E-state index contributed by atoms with van der Waals surface area (Å²) in [5.41, 5.74) is 0. The molecule has 0 aliphatic heterocycles.